The number of hydrogen-bond acceptors (Lipinski definition) is 6. The maximum atomic E-state index is 11.5. The lowest BCUT2D eigenvalue weighted by molar-refractivity contribution is -0.142. The Morgan fingerprint density at radius 3 is 2.60 bits per heavy atom. The second-order valence-corrected chi connectivity index (χ2v) is 8.28. The minimum Gasteiger partial charge on any atom is -0.468 e. The molecule has 2 aliphatic rings. The average Bonchev–Trinajstić information content (AvgIpc) is 2.59. The molecule has 25 heavy (non-hydrogen) atoms. The normalized spacial score (nSPS) is 37.5. The number of carbonyl (C=O) groups excluding carboxylic acids is 1. The first kappa shape index (κ1) is 21.2. The maximum Gasteiger partial charge on any atom is 0.322 e. The molecule has 0 aromatic carbocycles. The van der Waals surface area contributed by atoms with Gasteiger partial charge in [-0.3, -0.25) is 10.1 Å². The van der Waals surface area contributed by atoms with Crippen molar-refractivity contribution in [3.8, 4) is 0 Å². The van der Waals surface area contributed by atoms with Crippen molar-refractivity contribution < 1.29 is 19.4 Å². The third-order valence-corrected chi connectivity index (χ3v) is 6.24. The fraction of sp³-hybridized carbons (Fsp3) is 0.941. The largest absolute Gasteiger partial charge is 0.468 e. The Bertz CT molecular complexity index is 419. The highest BCUT2D eigenvalue weighted by molar-refractivity contribution is 6.24. The van der Waals surface area contributed by atoms with E-state index in [4.69, 9.17) is 33.7 Å². The predicted octanol–water partition coefficient (Wildman–Crippen LogP) is 1.74. The van der Waals surface area contributed by atoms with Crippen LogP contribution >= 0.6 is 23.2 Å². The molecule has 6 nitrogen and oxygen atoms in total. The van der Waals surface area contributed by atoms with Crippen molar-refractivity contribution in [2.75, 3.05) is 13.8 Å². The van der Waals surface area contributed by atoms with Crippen LogP contribution in [0.1, 0.15) is 44.9 Å². The van der Waals surface area contributed by atoms with Gasteiger partial charge >= 0.3 is 5.97 Å². The van der Waals surface area contributed by atoms with Gasteiger partial charge in [0.05, 0.1) is 36.8 Å². The summed E-state index contributed by atoms with van der Waals surface area (Å²) in [4.78, 5) is 11.5. The van der Waals surface area contributed by atoms with E-state index in [2.05, 4.69) is 10.1 Å². The van der Waals surface area contributed by atoms with E-state index in [0.717, 1.165) is 32.1 Å². The lowest BCUT2D eigenvalue weighted by atomic mass is 9.80. The third kappa shape index (κ3) is 6.22. The first-order valence-electron chi connectivity index (χ1n) is 9.07. The molecule has 0 spiro atoms. The highest BCUT2D eigenvalue weighted by Gasteiger charge is 2.34. The van der Waals surface area contributed by atoms with E-state index in [9.17, 15) is 9.90 Å². The predicted molar refractivity (Wildman–Crippen MR) is 97.8 cm³/mol. The molecular formula is C17H30Cl2N2O4. The molecule has 2 saturated carbocycles. The van der Waals surface area contributed by atoms with Gasteiger partial charge in [-0.05, 0) is 44.4 Å². The molecule has 0 aromatic rings. The molecule has 8 heteroatoms. The van der Waals surface area contributed by atoms with Gasteiger partial charge < -0.3 is 20.3 Å². The third-order valence-electron chi connectivity index (χ3n) is 5.31. The quantitative estimate of drug-likeness (QED) is 0.344. The molecule has 0 amide bonds. The first-order valence-corrected chi connectivity index (χ1v) is 9.94. The number of nitrogens with two attached hydrogens (primary N) is 1. The molecule has 0 bridgehead atoms. The fourth-order valence-electron chi connectivity index (χ4n) is 3.81. The summed E-state index contributed by atoms with van der Waals surface area (Å²) in [5.74, 6) is -0.121. The zero-order chi connectivity index (χ0) is 18.4. The Morgan fingerprint density at radius 2 is 1.96 bits per heavy atom. The van der Waals surface area contributed by atoms with E-state index in [1.807, 2.05) is 0 Å². The van der Waals surface area contributed by atoms with Crippen LogP contribution in [0.15, 0.2) is 0 Å². The molecule has 0 saturated heterocycles. The van der Waals surface area contributed by atoms with E-state index in [-0.39, 0.29) is 28.8 Å². The van der Waals surface area contributed by atoms with Crippen molar-refractivity contribution in [3.05, 3.63) is 0 Å². The number of aliphatic hydroxyl groups is 1. The minimum absolute atomic E-state index is 0.0693. The number of carbonyl (C=O) groups is 1. The van der Waals surface area contributed by atoms with Crippen molar-refractivity contribution >= 4 is 29.2 Å². The second kappa shape index (κ2) is 10.3. The highest BCUT2D eigenvalue weighted by Crippen LogP contribution is 2.30. The van der Waals surface area contributed by atoms with E-state index in [1.165, 1.54) is 7.11 Å². The summed E-state index contributed by atoms with van der Waals surface area (Å²) in [7, 11) is 1.34. The van der Waals surface area contributed by atoms with Crippen molar-refractivity contribution in [3.63, 3.8) is 0 Å². The van der Waals surface area contributed by atoms with Crippen molar-refractivity contribution in [1.82, 2.24) is 5.32 Å². The Hall–Kier alpha value is -0.110. The molecule has 2 aliphatic carbocycles. The average molecular weight is 397 g/mol. The van der Waals surface area contributed by atoms with Gasteiger partial charge in [-0.2, -0.15) is 0 Å². The number of nitrogens with one attached hydrogen (secondary N) is 1. The Labute approximate surface area is 159 Å². The van der Waals surface area contributed by atoms with Crippen molar-refractivity contribution in [2.45, 2.75) is 80.0 Å². The molecule has 6 unspecified atom stereocenters. The molecule has 2 rings (SSSR count). The van der Waals surface area contributed by atoms with Crippen molar-refractivity contribution in [2.24, 2.45) is 11.7 Å². The molecule has 2 fully saturated rings. The molecule has 0 aliphatic heterocycles. The number of methoxy groups -OCH3 is 1. The van der Waals surface area contributed by atoms with E-state index >= 15 is 0 Å². The summed E-state index contributed by atoms with van der Waals surface area (Å²) in [6.45, 7) is 0.300. The van der Waals surface area contributed by atoms with Crippen LogP contribution in [0.4, 0.5) is 0 Å². The van der Waals surface area contributed by atoms with Gasteiger partial charge in [-0.1, -0.05) is 6.42 Å². The SMILES string of the molecule is COC(=O)C(N)CC1CCC(O)C(NCOC2C(Cl)CCCC2Cl)C1. The number of esters is 1. The van der Waals surface area contributed by atoms with Gasteiger partial charge in [-0.15, -0.1) is 23.2 Å². The van der Waals surface area contributed by atoms with Crippen LogP contribution < -0.4 is 11.1 Å². The second-order valence-electron chi connectivity index (χ2n) is 7.16. The molecule has 0 radical (unpaired) electrons. The van der Waals surface area contributed by atoms with Crippen LogP contribution in [0, 0.1) is 5.92 Å². The van der Waals surface area contributed by atoms with Crippen LogP contribution in [-0.2, 0) is 14.3 Å². The topological polar surface area (TPSA) is 93.8 Å². The van der Waals surface area contributed by atoms with Gasteiger partial charge in [0.2, 0.25) is 0 Å². The van der Waals surface area contributed by atoms with E-state index < -0.39 is 18.1 Å². The van der Waals surface area contributed by atoms with E-state index in [0.29, 0.717) is 19.6 Å². The smallest absolute Gasteiger partial charge is 0.322 e. The number of aliphatic hydroxyl groups excluding tert-OH is 1. The van der Waals surface area contributed by atoms with Gasteiger partial charge in [0.15, 0.2) is 0 Å². The van der Waals surface area contributed by atoms with Crippen LogP contribution in [0.5, 0.6) is 0 Å². The van der Waals surface area contributed by atoms with Gasteiger partial charge in [0.25, 0.3) is 0 Å². The van der Waals surface area contributed by atoms with Crippen LogP contribution in [0.3, 0.4) is 0 Å². The molecule has 6 atom stereocenters. The zero-order valence-corrected chi connectivity index (χ0v) is 16.2. The monoisotopic (exact) mass is 396 g/mol. The van der Waals surface area contributed by atoms with Gasteiger partial charge in [0, 0.05) is 6.04 Å². The Morgan fingerprint density at radius 1 is 1.28 bits per heavy atom. The summed E-state index contributed by atoms with van der Waals surface area (Å²) in [6.07, 6.45) is 5.08. The summed E-state index contributed by atoms with van der Waals surface area (Å²) in [5.41, 5.74) is 5.86. The van der Waals surface area contributed by atoms with Gasteiger partial charge in [-0.25, -0.2) is 0 Å². The molecule has 0 heterocycles. The lowest BCUT2D eigenvalue weighted by Crippen LogP contribution is -2.48. The summed E-state index contributed by atoms with van der Waals surface area (Å²) < 4.78 is 10.5. The Kier molecular flexibility index (Phi) is 8.72. The van der Waals surface area contributed by atoms with E-state index in [1.54, 1.807) is 0 Å². The number of halogens is 2. The summed E-state index contributed by atoms with van der Waals surface area (Å²) >= 11 is 12.6. The maximum absolute atomic E-state index is 11.5. The van der Waals surface area contributed by atoms with Crippen LogP contribution in [-0.4, -0.2) is 60.0 Å². The molecule has 0 aromatic heterocycles. The molecule has 146 valence electrons. The number of alkyl halides is 2. The highest BCUT2D eigenvalue weighted by atomic mass is 35.5. The minimum atomic E-state index is -0.613. The molecule has 4 N–H and O–H groups in total. The van der Waals surface area contributed by atoms with Gasteiger partial charge in [0.1, 0.15) is 6.04 Å². The number of ether oxygens (including phenoxy) is 2. The number of hydrogen-bond donors (Lipinski definition) is 3. The van der Waals surface area contributed by atoms with Crippen molar-refractivity contribution in [1.29, 1.82) is 0 Å². The standard InChI is InChI=1S/C17H30Cl2N2O4/c1-24-17(23)13(20)7-10-5-6-15(22)14(8-10)21-9-25-16-11(18)3-2-4-12(16)19/h10-16,21-22H,2-9,20H2,1H3. The van der Waals surface area contributed by atoms with Crippen LogP contribution in [0.2, 0.25) is 0 Å². The van der Waals surface area contributed by atoms with Crippen LogP contribution in [0.25, 0.3) is 0 Å². The Balaban J connectivity index is 1.77. The fourth-order valence-corrected chi connectivity index (χ4v) is 4.68. The number of rotatable bonds is 7. The first-order chi connectivity index (χ1) is 11.9. The molecular weight excluding hydrogens is 367 g/mol. The lowest BCUT2D eigenvalue weighted by Gasteiger charge is -2.36. The summed E-state index contributed by atoms with van der Waals surface area (Å²) in [6, 6.07) is -0.701. The summed E-state index contributed by atoms with van der Waals surface area (Å²) in [5, 5.41) is 13.3. The zero-order valence-electron chi connectivity index (χ0n) is 14.7.